The highest BCUT2D eigenvalue weighted by Gasteiger charge is 2.22. The summed E-state index contributed by atoms with van der Waals surface area (Å²) in [6.07, 6.45) is 5.57. The van der Waals surface area contributed by atoms with Crippen molar-refractivity contribution in [3.63, 3.8) is 0 Å². The fourth-order valence-corrected chi connectivity index (χ4v) is 2.26. The summed E-state index contributed by atoms with van der Waals surface area (Å²) in [5.74, 6) is 0.702. The van der Waals surface area contributed by atoms with Crippen LogP contribution < -0.4 is 9.47 Å². The normalized spacial score (nSPS) is 19.5. The molecular formula is C12H19N3O2S. The van der Waals surface area contributed by atoms with Crippen molar-refractivity contribution in [2.45, 2.75) is 31.2 Å². The van der Waals surface area contributed by atoms with E-state index in [1.165, 1.54) is 0 Å². The largest absolute Gasteiger partial charge is 0.487 e. The highest BCUT2D eigenvalue weighted by Crippen LogP contribution is 2.20. The molecule has 2 rings (SSSR count). The molecule has 1 fully saturated rings. The highest BCUT2D eigenvalue weighted by atomic mass is 32.1. The van der Waals surface area contributed by atoms with Crippen molar-refractivity contribution in [2.24, 2.45) is 0 Å². The molecule has 0 bridgehead atoms. The third kappa shape index (κ3) is 3.49. The lowest BCUT2D eigenvalue weighted by Gasteiger charge is -2.33. The van der Waals surface area contributed by atoms with E-state index in [-0.39, 0.29) is 6.10 Å². The Hall–Kier alpha value is -1.01. The van der Waals surface area contributed by atoms with E-state index in [0.717, 1.165) is 25.9 Å². The summed E-state index contributed by atoms with van der Waals surface area (Å²) >= 11 is 4.44. The fourth-order valence-electron chi connectivity index (χ4n) is 2.03. The second kappa shape index (κ2) is 6.24. The van der Waals surface area contributed by atoms with Crippen LogP contribution in [0.25, 0.3) is 0 Å². The van der Waals surface area contributed by atoms with Gasteiger partial charge < -0.3 is 9.47 Å². The molecule has 1 atom stereocenters. The van der Waals surface area contributed by atoms with Gasteiger partial charge in [-0.05, 0) is 19.8 Å². The minimum atomic E-state index is 0.241. The Morgan fingerprint density at radius 3 is 2.44 bits per heavy atom. The Labute approximate surface area is 113 Å². The number of nitrogens with zero attached hydrogens (tertiary/aromatic N) is 3. The topological polar surface area (TPSA) is 47.5 Å². The minimum absolute atomic E-state index is 0.241. The van der Waals surface area contributed by atoms with E-state index in [4.69, 9.17) is 9.47 Å². The first-order valence-corrected chi connectivity index (χ1v) is 6.65. The van der Waals surface area contributed by atoms with E-state index < -0.39 is 0 Å². The number of thiol groups is 1. The Bertz CT molecular complexity index is 364. The second-order valence-corrected chi connectivity index (χ2v) is 5.14. The van der Waals surface area contributed by atoms with Crippen LogP contribution >= 0.6 is 12.6 Å². The van der Waals surface area contributed by atoms with Crippen molar-refractivity contribution in [3.8, 4) is 11.8 Å². The Morgan fingerprint density at radius 2 is 1.94 bits per heavy atom. The summed E-state index contributed by atoms with van der Waals surface area (Å²) in [4.78, 5) is 10.4. The van der Waals surface area contributed by atoms with Crippen LogP contribution in [0.3, 0.4) is 0 Å². The number of hydrogen-bond acceptors (Lipinski definition) is 6. The zero-order chi connectivity index (χ0) is 13.0. The first kappa shape index (κ1) is 13.4. The molecule has 2 heterocycles. The molecule has 1 saturated heterocycles. The molecule has 0 aliphatic carbocycles. The first-order valence-electron chi connectivity index (χ1n) is 6.14. The van der Waals surface area contributed by atoms with Crippen molar-refractivity contribution in [1.82, 2.24) is 14.9 Å². The van der Waals surface area contributed by atoms with E-state index in [1.807, 2.05) is 0 Å². The number of likely N-dealkylation sites (tertiary alicyclic amines) is 1. The molecule has 1 aliphatic heterocycles. The van der Waals surface area contributed by atoms with Gasteiger partial charge in [-0.3, -0.25) is 4.90 Å². The zero-order valence-corrected chi connectivity index (χ0v) is 11.6. The number of rotatable bonds is 4. The van der Waals surface area contributed by atoms with Crippen LogP contribution in [0.2, 0.25) is 0 Å². The van der Waals surface area contributed by atoms with Gasteiger partial charge in [0.25, 0.3) is 0 Å². The van der Waals surface area contributed by atoms with Gasteiger partial charge in [0, 0.05) is 18.5 Å². The molecule has 5 nitrogen and oxygen atoms in total. The van der Waals surface area contributed by atoms with E-state index in [2.05, 4.69) is 34.4 Å². The van der Waals surface area contributed by atoms with Crippen LogP contribution in [-0.4, -0.2) is 46.5 Å². The maximum atomic E-state index is 5.85. The van der Waals surface area contributed by atoms with Crippen LogP contribution in [-0.2, 0) is 0 Å². The van der Waals surface area contributed by atoms with Crippen LogP contribution in [0, 0.1) is 0 Å². The molecule has 1 aromatic rings. The Balaban J connectivity index is 1.83. The zero-order valence-electron chi connectivity index (χ0n) is 10.7. The number of ether oxygens (including phenoxy) is 2. The van der Waals surface area contributed by atoms with E-state index in [0.29, 0.717) is 17.1 Å². The summed E-state index contributed by atoms with van der Waals surface area (Å²) in [5.41, 5.74) is 0. The SMILES string of the molecule is COc1ncc(OC2CCN(C(C)S)CC2)cn1. The van der Waals surface area contributed by atoms with Crippen molar-refractivity contribution < 1.29 is 9.47 Å². The number of hydrogen-bond donors (Lipinski definition) is 1. The Morgan fingerprint density at radius 1 is 1.33 bits per heavy atom. The summed E-state index contributed by atoms with van der Waals surface area (Å²) in [5, 5.41) is 0.315. The summed E-state index contributed by atoms with van der Waals surface area (Å²) in [6, 6.07) is 0.362. The van der Waals surface area contributed by atoms with Gasteiger partial charge in [-0.25, -0.2) is 0 Å². The van der Waals surface area contributed by atoms with Gasteiger partial charge in [0.2, 0.25) is 0 Å². The molecule has 0 amide bonds. The monoisotopic (exact) mass is 269 g/mol. The molecular weight excluding hydrogens is 250 g/mol. The second-order valence-electron chi connectivity index (χ2n) is 4.39. The standard InChI is InChI=1S/C12H19N3O2S/c1-9(18)15-5-3-10(4-6-15)17-11-7-13-12(16-2)14-8-11/h7-10,18H,3-6H2,1-2H3. The molecule has 100 valence electrons. The van der Waals surface area contributed by atoms with Crippen molar-refractivity contribution in [2.75, 3.05) is 20.2 Å². The highest BCUT2D eigenvalue weighted by molar-refractivity contribution is 7.80. The van der Waals surface area contributed by atoms with Crippen LogP contribution in [0.4, 0.5) is 0 Å². The van der Waals surface area contributed by atoms with Gasteiger partial charge in [-0.15, -0.1) is 0 Å². The lowest BCUT2D eigenvalue weighted by Crippen LogP contribution is -2.41. The molecule has 0 saturated carbocycles. The van der Waals surface area contributed by atoms with Gasteiger partial charge in [0.1, 0.15) is 6.10 Å². The molecule has 0 N–H and O–H groups in total. The van der Waals surface area contributed by atoms with Crippen LogP contribution in [0.1, 0.15) is 19.8 Å². The van der Waals surface area contributed by atoms with Crippen molar-refractivity contribution >= 4 is 12.6 Å². The molecule has 6 heteroatoms. The van der Waals surface area contributed by atoms with Gasteiger partial charge in [-0.1, -0.05) is 0 Å². The number of piperidine rings is 1. The molecule has 18 heavy (non-hydrogen) atoms. The van der Waals surface area contributed by atoms with Crippen molar-refractivity contribution in [1.29, 1.82) is 0 Å². The predicted molar refractivity (Wildman–Crippen MR) is 72.3 cm³/mol. The van der Waals surface area contributed by atoms with E-state index in [9.17, 15) is 0 Å². The smallest absolute Gasteiger partial charge is 0.316 e. The average Bonchev–Trinajstić information content (AvgIpc) is 2.40. The lowest BCUT2D eigenvalue weighted by atomic mass is 10.1. The van der Waals surface area contributed by atoms with Crippen LogP contribution in [0.5, 0.6) is 11.8 Å². The van der Waals surface area contributed by atoms with Crippen LogP contribution in [0.15, 0.2) is 12.4 Å². The molecule has 1 unspecified atom stereocenters. The Kier molecular flexibility index (Phi) is 4.66. The molecule has 0 aromatic carbocycles. The van der Waals surface area contributed by atoms with Gasteiger partial charge in [0.15, 0.2) is 5.75 Å². The van der Waals surface area contributed by atoms with Gasteiger partial charge >= 0.3 is 6.01 Å². The first-order chi connectivity index (χ1) is 8.69. The third-order valence-corrected chi connectivity index (χ3v) is 3.42. The molecule has 1 aromatic heterocycles. The average molecular weight is 269 g/mol. The maximum absolute atomic E-state index is 5.85. The molecule has 0 spiro atoms. The lowest BCUT2D eigenvalue weighted by molar-refractivity contribution is 0.0973. The number of aromatic nitrogens is 2. The molecule has 1 aliphatic rings. The van der Waals surface area contributed by atoms with Gasteiger partial charge in [0.05, 0.1) is 19.5 Å². The molecule has 0 radical (unpaired) electrons. The minimum Gasteiger partial charge on any atom is -0.487 e. The number of methoxy groups -OCH3 is 1. The van der Waals surface area contributed by atoms with Gasteiger partial charge in [-0.2, -0.15) is 22.6 Å². The van der Waals surface area contributed by atoms with E-state index >= 15 is 0 Å². The third-order valence-electron chi connectivity index (χ3n) is 3.09. The fraction of sp³-hybridized carbons (Fsp3) is 0.667. The summed E-state index contributed by atoms with van der Waals surface area (Å²) < 4.78 is 10.8. The quantitative estimate of drug-likeness (QED) is 0.841. The summed E-state index contributed by atoms with van der Waals surface area (Å²) in [6.45, 7) is 4.14. The van der Waals surface area contributed by atoms with Crippen molar-refractivity contribution in [3.05, 3.63) is 12.4 Å². The van der Waals surface area contributed by atoms with E-state index in [1.54, 1.807) is 19.5 Å². The predicted octanol–water partition coefficient (Wildman–Crippen LogP) is 1.60. The summed E-state index contributed by atoms with van der Waals surface area (Å²) in [7, 11) is 1.55. The maximum Gasteiger partial charge on any atom is 0.316 e.